The highest BCUT2D eigenvalue weighted by Crippen LogP contribution is 2.41. The molecule has 98 valence electrons. The van der Waals surface area contributed by atoms with Crippen LogP contribution in [0.4, 0.5) is 11.5 Å². The quantitative estimate of drug-likeness (QED) is 0.728. The Morgan fingerprint density at radius 1 is 1.16 bits per heavy atom. The van der Waals surface area contributed by atoms with Gasteiger partial charge in [0.2, 0.25) is 0 Å². The van der Waals surface area contributed by atoms with Gasteiger partial charge in [0.15, 0.2) is 0 Å². The number of hydrogen-bond acceptors (Lipinski definition) is 5. The molecule has 3 rings (SSSR count). The van der Waals surface area contributed by atoms with E-state index in [1.54, 1.807) is 14.2 Å². The molecule has 0 bridgehead atoms. The van der Waals surface area contributed by atoms with E-state index in [-0.39, 0.29) is 5.56 Å². The summed E-state index contributed by atoms with van der Waals surface area (Å²) < 4.78 is 10.7. The van der Waals surface area contributed by atoms with E-state index >= 15 is 0 Å². The van der Waals surface area contributed by atoms with Crippen molar-refractivity contribution in [2.24, 2.45) is 0 Å². The van der Waals surface area contributed by atoms with Crippen molar-refractivity contribution in [1.82, 2.24) is 9.97 Å². The maximum atomic E-state index is 11.8. The van der Waals surface area contributed by atoms with Gasteiger partial charge in [-0.2, -0.15) is 0 Å². The van der Waals surface area contributed by atoms with Crippen LogP contribution in [0.2, 0.25) is 0 Å². The fraction of sp³-hybridized carbons (Fsp3) is 0.231. The number of aromatic amines is 1. The number of benzene rings is 1. The van der Waals surface area contributed by atoms with Gasteiger partial charge in [-0.1, -0.05) is 0 Å². The minimum absolute atomic E-state index is 0.145. The SMILES string of the molecule is COc1ccc(OC)c2c1Cc1c(nc[nH]c1=O)N2. The van der Waals surface area contributed by atoms with Crippen molar-refractivity contribution >= 4 is 11.5 Å². The highest BCUT2D eigenvalue weighted by Gasteiger charge is 2.24. The van der Waals surface area contributed by atoms with Crippen LogP contribution in [0, 0.1) is 0 Å². The number of hydrogen-bond donors (Lipinski definition) is 2. The molecule has 0 fully saturated rings. The van der Waals surface area contributed by atoms with E-state index in [1.807, 2.05) is 12.1 Å². The van der Waals surface area contributed by atoms with Gasteiger partial charge in [0.05, 0.1) is 31.8 Å². The lowest BCUT2D eigenvalue weighted by Gasteiger charge is -2.23. The Hall–Kier alpha value is -2.50. The summed E-state index contributed by atoms with van der Waals surface area (Å²) in [5, 5.41) is 3.14. The molecule has 0 atom stereocenters. The molecule has 1 aromatic carbocycles. The average Bonchev–Trinajstić information content (AvgIpc) is 2.45. The van der Waals surface area contributed by atoms with Crippen molar-refractivity contribution in [3.8, 4) is 11.5 Å². The fourth-order valence-corrected chi connectivity index (χ4v) is 2.28. The van der Waals surface area contributed by atoms with E-state index in [4.69, 9.17) is 9.47 Å². The number of methoxy groups -OCH3 is 2. The Labute approximate surface area is 109 Å². The Bertz CT molecular complexity index is 694. The summed E-state index contributed by atoms with van der Waals surface area (Å²) in [6.07, 6.45) is 1.84. The van der Waals surface area contributed by atoms with Crippen LogP contribution in [0.25, 0.3) is 0 Å². The molecular weight excluding hydrogens is 246 g/mol. The number of fused-ring (bicyclic) bond motifs is 2. The van der Waals surface area contributed by atoms with Crippen LogP contribution in [-0.4, -0.2) is 24.2 Å². The van der Waals surface area contributed by atoms with Gasteiger partial charge in [-0.15, -0.1) is 0 Å². The van der Waals surface area contributed by atoms with Crippen LogP contribution in [0.1, 0.15) is 11.1 Å². The predicted molar refractivity (Wildman–Crippen MR) is 70.5 cm³/mol. The van der Waals surface area contributed by atoms with Gasteiger partial charge in [0, 0.05) is 12.0 Å². The summed E-state index contributed by atoms with van der Waals surface area (Å²) in [6, 6.07) is 3.65. The van der Waals surface area contributed by atoms with E-state index in [9.17, 15) is 4.79 Å². The Morgan fingerprint density at radius 3 is 2.63 bits per heavy atom. The second kappa shape index (κ2) is 4.31. The third-order valence-electron chi connectivity index (χ3n) is 3.22. The molecule has 1 aliphatic heterocycles. The number of rotatable bonds is 2. The fourth-order valence-electron chi connectivity index (χ4n) is 2.28. The molecule has 1 aliphatic rings. The number of anilines is 2. The second-order valence-corrected chi connectivity index (χ2v) is 4.18. The molecule has 6 nitrogen and oxygen atoms in total. The van der Waals surface area contributed by atoms with Crippen LogP contribution in [-0.2, 0) is 6.42 Å². The van der Waals surface area contributed by atoms with Gasteiger partial charge in [0.1, 0.15) is 17.3 Å². The van der Waals surface area contributed by atoms with Crippen molar-refractivity contribution in [3.05, 3.63) is 39.9 Å². The summed E-state index contributed by atoms with van der Waals surface area (Å²) in [4.78, 5) is 18.5. The van der Waals surface area contributed by atoms with Crippen molar-refractivity contribution in [3.63, 3.8) is 0 Å². The molecule has 0 spiro atoms. The number of ether oxygens (including phenoxy) is 2. The first-order valence-corrected chi connectivity index (χ1v) is 5.82. The van der Waals surface area contributed by atoms with Crippen LogP contribution >= 0.6 is 0 Å². The molecular formula is C13H13N3O3. The molecule has 0 saturated carbocycles. The van der Waals surface area contributed by atoms with Gasteiger partial charge < -0.3 is 19.8 Å². The third kappa shape index (κ3) is 1.72. The van der Waals surface area contributed by atoms with E-state index in [0.29, 0.717) is 23.6 Å². The summed E-state index contributed by atoms with van der Waals surface area (Å²) in [5.74, 6) is 1.98. The second-order valence-electron chi connectivity index (χ2n) is 4.18. The minimum atomic E-state index is -0.145. The van der Waals surface area contributed by atoms with Crippen molar-refractivity contribution in [2.45, 2.75) is 6.42 Å². The molecule has 2 heterocycles. The first kappa shape index (κ1) is 11.6. The molecule has 0 unspecified atom stereocenters. The molecule has 19 heavy (non-hydrogen) atoms. The van der Waals surface area contributed by atoms with E-state index in [0.717, 1.165) is 17.0 Å². The predicted octanol–water partition coefficient (Wildman–Crippen LogP) is 1.43. The van der Waals surface area contributed by atoms with Gasteiger partial charge >= 0.3 is 0 Å². The molecule has 6 heteroatoms. The lowest BCUT2D eigenvalue weighted by atomic mass is 9.99. The molecule has 0 amide bonds. The van der Waals surface area contributed by atoms with E-state index in [2.05, 4.69) is 15.3 Å². The maximum Gasteiger partial charge on any atom is 0.256 e. The summed E-state index contributed by atoms with van der Waals surface area (Å²) in [7, 11) is 3.20. The average molecular weight is 259 g/mol. The molecule has 2 N–H and O–H groups in total. The first-order chi connectivity index (χ1) is 9.24. The van der Waals surface area contributed by atoms with Gasteiger partial charge in [-0.25, -0.2) is 4.98 Å². The molecule has 1 aromatic heterocycles. The topological polar surface area (TPSA) is 76.2 Å². The molecule has 0 radical (unpaired) electrons. The van der Waals surface area contributed by atoms with Crippen LogP contribution in [0.3, 0.4) is 0 Å². The van der Waals surface area contributed by atoms with E-state index in [1.165, 1.54) is 6.33 Å². The summed E-state index contributed by atoms with van der Waals surface area (Å²) in [6.45, 7) is 0. The number of aromatic nitrogens is 2. The zero-order chi connectivity index (χ0) is 13.4. The van der Waals surface area contributed by atoms with Gasteiger partial charge in [0.25, 0.3) is 5.56 Å². The normalized spacial score (nSPS) is 12.1. The smallest absolute Gasteiger partial charge is 0.256 e. The molecule has 2 aromatic rings. The van der Waals surface area contributed by atoms with Crippen molar-refractivity contribution in [2.75, 3.05) is 19.5 Å². The standard InChI is InChI=1S/C13H13N3O3/c1-18-9-3-4-10(19-2)11-7(9)5-8-12(16-11)14-6-15-13(8)17/h3-4,6H,5H2,1-2H3,(H2,14,15,16,17). The largest absolute Gasteiger partial charge is 0.496 e. The number of nitrogens with zero attached hydrogens (tertiary/aromatic N) is 1. The highest BCUT2D eigenvalue weighted by molar-refractivity contribution is 5.76. The number of H-pyrrole nitrogens is 1. The van der Waals surface area contributed by atoms with Gasteiger partial charge in [-0.3, -0.25) is 4.79 Å². The van der Waals surface area contributed by atoms with Crippen molar-refractivity contribution < 1.29 is 9.47 Å². The third-order valence-corrected chi connectivity index (χ3v) is 3.22. The zero-order valence-electron chi connectivity index (χ0n) is 10.6. The Balaban J connectivity index is 2.21. The van der Waals surface area contributed by atoms with Crippen LogP contribution in [0.15, 0.2) is 23.3 Å². The van der Waals surface area contributed by atoms with E-state index < -0.39 is 0 Å². The summed E-state index contributed by atoms with van der Waals surface area (Å²) >= 11 is 0. The van der Waals surface area contributed by atoms with Crippen molar-refractivity contribution in [1.29, 1.82) is 0 Å². The van der Waals surface area contributed by atoms with Gasteiger partial charge in [-0.05, 0) is 12.1 Å². The Kier molecular flexibility index (Phi) is 2.63. The maximum absolute atomic E-state index is 11.8. The zero-order valence-corrected chi connectivity index (χ0v) is 10.6. The lowest BCUT2D eigenvalue weighted by molar-refractivity contribution is 0.401. The lowest BCUT2D eigenvalue weighted by Crippen LogP contribution is -2.21. The number of nitrogens with one attached hydrogen (secondary N) is 2. The van der Waals surface area contributed by atoms with Crippen LogP contribution < -0.4 is 20.3 Å². The summed E-state index contributed by atoms with van der Waals surface area (Å²) in [5.41, 5.74) is 2.15. The first-order valence-electron chi connectivity index (χ1n) is 5.82. The van der Waals surface area contributed by atoms with Crippen LogP contribution in [0.5, 0.6) is 11.5 Å². The Morgan fingerprint density at radius 2 is 1.89 bits per heavy atom. The molecule has 0 saturated heterocycles. The minimum Gasteiger partial charge on any atom is -0.496 e. The monoisotopic (exact) mass is 259 g/mol. The molecule has 0 aliphatic carbocycles. The highest BCUT2D eigenvalue weighted by atomic mass is 16.5.